The molecule has 28 heavy (non-hydrogen) atoms. The van der Waals surface area contributed by atoms with Gasteiger partial charge < -0.3 is 14.7 Å². The molecule has 0 aliphatic carbocycles. The van der Waals surface area contributed by atoms with Crippen LogP contribution in [0, 0.1) is 0 Å². The first kappa shape index (κ1) is 20.1. The van der Waals surface area contributed by atoms with E-state index in [2.05, 4.69) is 15.2 Å². The molecule has 3 rings (SSSR count). The van der Waals surface area contributed by atoms with E-state index in [1.165, 1.54) is 0 Å². The maximum absolute atomic E-state index is 12.5. The number of piperidine rings is 1. The summed E-state index contributed by atoms with van der Waals surface area (Å²) in [6.45, 7) is 7.61. The molecule has 8 heteroatoms. The van der Waals surface area contributed by atoms with Gasteiger partial charge in [0.05, 0.1) is 19.3 Å². The van der Waals surface area contributed by atoms with E-state index >= 15 is 0 Å². The number of ether oxygens (including phenoxy) is 1. The Morgan fingerprint density at radius 2 is 2.14 bits per heavy atom. The SMILES string of the molecule is CCN(CC)C(=O)c1cn(C2CCCN(Cc3cccc(OC)c3O)C2)nn1. The summed E-state index contributed by atoms with van der Waals surface area (Å²) < 4.78 is 7.02. The number of nitrogens with zero attached hydrogens (tertiary/aromatic N) is 5. The second-order valence-electron chi connectivity index (χ2n) is 7.06. The molecule has 152 valence electrons. The molecule has 2 heterocycles. The number of amides is 1. The lowest BCUT2D eigenvalue weighted by atomic mass is 10.0. The Balaban J connectivity index is 1.68. The minimum atomic E-state index is -0.0785. The number of hydrogen-bond acceptors (Lipinski definition) is 6. The Kier molecular flexibility index (Phi) is 6.51. The number of phenols is 1. The van der Waals surface area contributed by atoms with Crippen LogP contribution in [0.15, 0.2) is 24.4 Å². The van der Waals surface area contributed by atoms with E-state index < -0.39 is 0 Å². The number of aromatic hydroxyl groups is 1. The third kappa shape index (κ3) is 4.27. The smallest absolute Gasteiger partial charge is 0.276 e. The number of methoxy groups -OCH3 is 1. The van der Waals surface area contributed by atoms with Crippen molar-refractivity contribution < 1.29 is 14.6 Å². The largest absolute Gasteiger partial charge is 0.504 e. The molecule has 1 unspecified atom stereocenters. The molecule has 1 saturated heterocycles. The fraction of sp³-hybridized carbons (Fsp3) is 0.550. The van der Waals surface area contributed by atoms with Crippen molar-refractivity contribution in [2.24, 2.45) is 0 Å². The van der Waals surface area contributed by atoms with Crippen LogP contribution >= 0.6 is 0 Å². The molecule has 0 spiro atoms. The first-order valence-electron chi connectivity index (χ1n) is 9.85. The zero-order chi connectivity index (χ0) is 20.1. The first-order chi connectivity index (χ1) is 13.6. The molecule has 1 amide bonds. The maximum atomic E-state index is 12.5. The minimum absolute atomic E-state index is 0.0785. The molecule has 1 aliphatic rings. The van der Waals surface area contributed by atoms with Crippen LogP contribution in [0.3, 0.4) is 0 Å². The zero-order valence-corrected chi connectivity index (χ0v) is 16.8. The average molecular weight is 387 g/mol. The van der Waals surface area contributed by atoms with Crippen LogP contribution in [-0.2, 0) is 6.54 Å². The van der Waals surface area contributed by atoms with Gasteiger partial charge in [-0.3, -0.25) is 9.69 Å². The van der Waals surface area contributed by atoms with E-state index in [9.17, 15) is 9.90 Å². The number of para-hydroxylation sites is 1. The van der Waals surface area contributed by atoms with Crippen molar-refractivity contribution in [2.45, 2.75) is 39.3 Å². The van der Waals surface area contributed by atoms with Gasteiger partial charge in [-0.2, -0.15) is 0 Å². The predicted molar refractivity (Wildman–Crippen MR) is 105 cm³/mol. The molecule has 1 fully saturated rings. The normalized spacial score (nSPS) is 17.5. The summed E-state index contributed by atoms with van der Waals surface area (Å²) in [4.78, 5) is 16.5. The molecular formula is C20H29N5O3. The molecule has 1 aromatic carbocycles. The van der Waals surface area contributed by atoms with Crippen LogP contribution in [-0.4, -0.2) is 69.1 Å². The van der Waals surface area contributed by atoms with Crippen LogP contribution in [0.1, 0.15) is 48.8 Å². The number of phenolic OH excluding ortho intramolecular Hbond substituents is 1. The van der Waals surface area contributed by atoms with Crippen molar-refractivity contribution in [3.8, 4) is 11.5 Å². The third-order valence-corrected chi connectivity index (χ3v) is 5.33. The van der Waals surface area contributed by atoms with Gasteiger partial charge in [0, 0.05) is 31.7 Å². The van der Waals surface area contributed by atoms with Gasteiger partial charge in [-0.1, -0.05) is 17.3 Å². The molecule has 0 radical (unpaired) electrons. The Bertz CT molecular complexity index is 803. The lowest BCUT2D eigenvalue weighted by Gasteiger charge is -2.32. The summed E-state index contributed by atoms with van der Waals surface area (Å²) in [6, 6.07) is 5.71. The molecular weight excluding hydrogens is 358 g/mol. The molecule has 1 aromatic heterocycles. The standard InChI is InChI=1S/C20H29N5O3/c1-4-24(5-2)20(27)17-14-25(22-21-17)16-9-7-11-23(13-16)12-15-8-6-10-18(28-3)19(15)26/h6,8,10,14,16,26H,4-5,7,9,11-13H2,1-3H3. The quantitative estimate of drug-likeness (QED) is 0.785. The van der Waals surface area contributed by atoms with Crippen molar-refractivity contribution in [1.29, 1.82) is 0 Å². The van der Waals surface area contributed by atoms with Gasteiger partial charge in [0.2, 0.25) is 0 Å². The van der Waals surface area contributed by atoms with Crippen molar-refractivity contribution >= 4 is 5.91 Å². The fourth-order valence-corrected chi connectivity index (χ4v) is 3.72. The fourth-order valence-electron chi connectivity index (χ4n) is 3.72. The van der Waals surface area contributed by atoms with E-state index in [0.29, 0.717) is 31.1 Å². The summed E-state index contributed by atoms with van der Waals surface area (Å²) in [5, 5.41) is 18.7. The van der Waals surface area contributed by atoms with Gasteiger partial charge in [-0.05, 0) is 39.3 Å². The van der Waals surface area contributed by atoms with E-state index in [4.69, 9.17) is 4.74 Å². The maximum Gasteiger partial charge on any atom is 0.276 e. The van der Waals surface area contributed by atoms with Crippen LogP contribution in [0.5, 0.6) is 11.5 Å². The summed E-state index contributed by atoms with van der Waals surface area (Å²) in [7, 11) is 1.55. The van der Waals surface area contributed by atoms with Gasteiger partial charge in [0.1, 0.15) is 0 Å². The van der Waals surface area contributed by atoms with Crippen molar-refractivity contribution in [3.63, 3.8) is 0 Å². The van der Waals surface area contributed by atoms with Gasteiger partial charge >= 0.3 is 0 Å². The van der Waals surface area contributed by atoms with Crippen LogP contribution in [0.25, 0.3) is 0 Å². The molecule has 0 saturated carbocycles. The van der Waals surface area contributed by atoms with Crippen molar-refractivity contribution in [2.75, 3.05) is 33.3 Å². The summed E-state index contributed by atoms with van der Waals surface area (Å²) >= 11 is 0. The second-order valence-corrected chi connectivity index (χ2v) is 7.06. The summed E-state index contributed by atoms with van der Waals surface area (Å²) in [6.07, 6.45) is 3.77. The number of aromatic nitrogens is 3. The predicted octanol–water partition coefficient (Wildman–Crippen LogP) is 2.31. The van der Waals surface area contributed by atoms with E-state index in [1.807, 2.05) is 30.7 Å². The Morgan fingerprint density at radius 1 is 1.36 bits per heavy atom. The Hall–Kier alpha value is -2.61. The van der Waals surface area contributed by atoms with Gasteiger partial charge in [-0.25, -0.2) is 4.68 Å². The highest BCUT2D eigenvalue weighted by Crippen LogP contribution is 2.31. The number of rotatable bonds is 7. The highest BCUT2D eigenvalue weighted by atomic mass is 16.5. The number of likely N-dealkylation sites (tertiary alicyclic amines) is 1. The Labute approximate surface area is 165 Å². The van der Waals surface area contributed by atoms with Gasteiger partial charge in [0.15, 0.2) is 17.2 Å². The zero-order valence-electron chi connectivity index (χ0n) is 16.8. The monoisotopic (exact) mass is 387 g/mol. The highest BCUT2D eigenvalue weighted by Gasteiger charge is 2.25. The number of hydrogen-bond donors (Lipinski definition) is 1. The van der Waals surface area contributed by atoms with E-state index in [-0.39, 0.29) is 17.7 Å². The van der Waals surface area contributed by atoms with Crippen LogP contribution < -0.4 is 4.74 Å². The molecule has 2 aromatic rings. The molecule has 1 aliphatic heterocycles. The highest BCUT2D eigenvalue weighted by molar-refractivity contribution is 5.91. The molecule has 0 bridgehead atoms. The number of benzene rings is 1. The number of carbonyl (C=O) groups excluding carboxylic acids is 1. The topological polar surface area (TPSA) is 83.7 Å². The van der Waals surface area contributed by atoms with E-state index in [0.717, 1.165) is 31.5 Å². The van der Waals surface area contributed by atoms with Crippen LogP contribution in [0.4, 0.5) is 0 Å². The summed E-state index contributed by atoms with van der Waals surface area (Å²) in [5.41, 5.74) is 1.24. The summed E-state index contributed by atoms with van der Waals surface area (Å²) in [5.74, 6) is 0.604. The first-order valence-corrected chi connectivity index (χ1v) is 9.85. The van der Waals surface area contributed by atoms with Gasteiger partial charge in [-0.15, -0.1) is 5.10 Å². The average Bonchev–Trinajstić information content (AvgIpc) is 3.21. The Morgan fingerprint density at radius 3 is 2.86 bits per heavy atom. The molecule has 8 nitrogen and oxygen atoms in total. The van der Waals surface area contributed by atoms with Gasteiger partial charge in [0.25, 0.3) is 5.91 Å². The third-order valence-electron chi connectivity index (χ3n) is 5.33. The number of carbonyl (C=O) groups is 1. The van der Waals surface area contributed by atoms with Crippen molar-refractivity contribution in [1.82, 2.24) is 24.8 Å². The molecule has 1 N–H and O–H groups in total. The van der Waals surface area contributed by atoms with Crippen molar-refractivity contribution in [3.05, 3.63) is 35.7 Å². The van der Waals surface area contributed by atoms with Crippen LogP contribution in [0.2, 0.25) is 0 Å². The molecule has 1 atom stereocenters. The second kappa shape index (κ2) is 9.05. The van der Waals surface area contributed by atoms with E-state index in [1.54, 1.807) is 24.3 Å². The minimum Gasteiger partial charge on any atom is -0.504 e. The lowest BCUT2D eigenvalue weighted by molar-refractivity contribution is 0.0767. The lowest BCUT2D eigenvalue weighted by Crippen LogP contribution is -2.36.